The van der Waals surface area contributed by atoms with Crippen molar-refractivity contribution in [1.82, 2.24) is 0 Å². The minimum atomic E-state index is -5.86. The third-order valence-electron chi connectivity index (χ3n) is 2.03. The van der Waals surface area contributed by atoms with Crippen LogP contribution in [0, 0.1) is 10.1 Å². The average Bonchev–Trinajstić information content (AvgIpc) is 2.27. The summed E-state index contributed by atoms with van der Waals surface area (Å²) in [4.78, 5) is 18.1. The maximum absolute atomic E-state index is 12.3. The van der Waals surface area contributed by atoms with Gasteiger partial charge in [0.1, 0.15) is 0 Å². The van der Waals surface area contributed by atoms with Gasteiger partial charge < -0.3 is 5.11 Å². The van der Waals surface area contributed by atoms with Crippen LogP contribution in [0.3, 0.4) is 0 Å². The van der Waals surface area contributed by atoms with E-state index in [0.29, 0.717) is 0 Å². The average molecular weight is 299 g/mol. The van der Waals surface area contributed by atoms with Crippen molar-refractivity contribution in [3.05, 3.63) is 27.8 Å². The number of rotatable bonds is 3. The number of carbonyl (C=O) groups excluding carboxylic acids is 1. The Bertz CT molecular complexity index is 651. The fourth-order valence-electron chi connectivity index (χ4n) is 1.13. The maximum atomic E-state index is 12.3. The Hall–Kier alpha value is -2.17. The second-order valence-electron chi connectivity index (χ2n) is 3.20. The van der Waals surface area contributed by atoms with Crippen LogP contribution in [-0.4, -0.2) is 30.2 Å². The van der Waals surface area contributed by atoms with E-state index in [4.69, 9.17) is 0 Å². The van der Waals surface area contributed by atoms with Crippen molar-refractivity contribution >= 4 is 21.8 Å². The summed E-state index contributed by atoms with van der Waals surface area (Å²) in [5.74, 6) is -1.21. The van der Waals surface area contributed by atoms with E-state index in [0.717, 1.165) is 0 Å². The van der Waals surface area contributed by atoms with Gasteiger partial charge in [0.15, 0.2) is 6.29 Å². The molecule has 0 radical (unpaired) electrons. The standard InChI is InChI=1S/C8H4F3NO6S/c9-8(10,11)19(17,18)5-1-4(3-13)7(14)6(2-5)12(15)16/h1-3,14H. The van der Waals surface area contributed by atoms with E-state index in [-0.39, 0.29) is 18.4 Å². The molecular formula is C8H4F3NO6S. The minimum Gasteiger partial charge on any atom is -0.502 e. The number of nitro groups is 1. The normalized spacial score (nSPS) is 12.2. The molecule has 0 unspecified atom stereocenters. The number of benzene rings is 1. The molecule has 19 heavy (non-hydrogen) atoms. The van der Waals surface area contributed by atoms with E-state index >= 15 is 0 Å². The number of phenolic OH excluding ortho intramolecular Hbond substituents is 1. The summed E-state index contributed by atoms with van der Waals surface area (Å²) in [6.45, 7) is 0. The van der Waals surface area contributed by atoms with Crippen LogP contribution in [0.2, 0.25) is 0 Å². The first-order valence-corrected chi connectivity index (χ1v) is 5.78. The molecule has 104 valence electrons. The van der Waals surface area contributed by atoms with Crippen molar-refractivity contribution in [3.63, 3.8) is 0 Å². The number of sulfone groups is 1. The van der Waals surface area contributed by atoms with E-state index in [1.165, 1.54) is 0 Å². The molecule has 1 rings (SSSR count). The molecule has 1 aromatic carbocycles. The molecule has 0 aliphatic carbocycles. The first-order chi connectivity index (χ1) is 8.52. The lowest BCUT2D eigenvalue weighted by Crippen LogP contribution is -2.23. The number of hydrogen-bond donors (Lipinski definition) is 1. The number of hydrogen-bond acceptors (Lipinski definition) is 6. The van der Waals surface area contributed by atoms with Crippen LogP contribution in [0.1, 0.15) is 10.4 Å². The van der Waals surface area contributed by atoms with E-state index in [9.17, 15) is 41.6 Å². The first kappa shape index (κ1) is 14.9. The van der Waals surface area contributed by atoms with Crippen molar-refractivity contribution in [2.24, 2.45) is 0 Å². The molecule has 0 spiro atoms. The Morgan fingerprint density at radius 1 is 1.32 bits per heavy atom. The zero-order valence-corrected chi connectivity index (χ0v) is 9.53. The molecule has 0 aliphatic rings. The highest BCUT2D eigenvalue weighted by Crippen LogP contribution is 2.36. The Morgan fingerprint density at radius 3 is 2.21 bits per heavy atom. The second-order valence-corrected chi connectivity index (χ2v) is 5.15. The van der Waals surface area contributed by atoms with Crippen LogP contribution < -0.4 is 0 Å². The van der Waals surface area contributed by atoms with Gasteiger partial charge in [0, 0.05) is 6.07 Å². The maximum Gasteiger partial charge on any atom is 0.501 e. The van der Waals surface area contributed by atoms with Gasteiger partial charge >= 0.3 is 11.2 Å². The molecule has 0 heterocycles. The lowest BCUT2D eigenvalue weighted by atomic mass is 10.2. The predicted octanol–water partition coefficient (Wildman–Crippen LogP) is 1.41. The zero-order chi connectivity index (χ0) is 15.0. The Labute approximate surface area is 103 Å². The van der Waals surface area contributed by atoms with Gasteiger partial charge in [-0.3, -0.25) is 14.9 Å². The Balaban J connectivity index is 3.70. The highest BCUT2D eigenvalue weighted by molar-refractivity contribution is 7.92. The number of alkyl halides is 3. The fraction of sp³-hybridized carbons (Fsp3) is 0.125. The largest absolute Gasteiger partial charge is 0.502 e. The van der Waals surface area contributed by atoms with Crippen LogP contribution in [-0.2, 0) is 9.84 Å². The molecular weight excluding hydrogens is 295 g/mol. The molecule has 0 atom stereocenters. The molecule has 0 amide bonds. The van der Waals surface area contributed by atoms with Crippen LogP contribution in [0.15, 0.2) is 17.0 Å². The summed E-state index contributed by atoms with van der Waals surface area (Å²) in [5.41, 5.74) is -7.93. The zero-order valence-electron chi connectivity index (χ0n) is 8.71. The Morgan fingerprint density at radius 2 is 1.84 bits per heavy atom. The van der Waals surface area contributed by atoms with Gasteiger partial charge in [-0.25, -0.2) is 8.42 Å². The monoisotopic (exact) mass is 299 g/mol. The van der Waals surface area contributed by atoms with Gasteiger partial charge in [0.2, 0.25) is 5.75 Å². The third kappa shape index (κ3) is 2.50. The highest BCUT2D eigenvalue weighted by Gasteiger charge is 2.47. The van der Waals surface area contributed by atoms with Crippen LogP contribution >= 0.6 is 0 Å². The van der Waals surface area contributed by atoms with Crippen molar-refractivity contribution in [1.29, 1.82) is 0 Å². The third-order valence-corrected chi connectivity index (χ3v) is 3.50. The SMILES string of the molecule is O=Cc1cc(S(=O)(=O)C(F)(F)F)cc([N+](=O)[O-])c1O. The van der Waals surface area contributed by atoms with Crippen molar-refractivity contribution < 1.29 is 36.4 Å². The van der Waals surface area contributed by atoms with Gasteiger partial charge in [0.05, 0.1) is 15.4 Å². The van der Waals surface area contributed by atoms with Gasteiger partial charge in [-0.05, 0) is 6.07 Å². The summed E-state index contributed by atoms with van der Waals surface area (Å²) >= 11 is 0. The van der Waals surface area contributed by atoms with E-state index in [1.54, 1.807) is 0 Å². The van der Waals surface area contributed by atoms with E-state index in [2.05, 4.69) is 0 Å². The summed E-state index contributed by atoms with van der Waals surface area (Å²) in [6, 6.07) is 0.239. The summed E-state index contributed by atoms with van der Waals surface area (Å²) in [6.07, 6.45) is -0.197. The van der Waals surface area contributed by atoms with Crippen LogP contribution in [0.25, 0.3) is 0 Å². The fourth-order valence-corrected chi connectivity index (χ4v) is 1.95. The molecule has 0 bridgehead atoms. The van der Waals surface area contributed by atoms with Gasteiger partial charge in [-0.2, -0.15) is 13.2 Å². The molecule has 0 aromatic heterocycles. The molecule has 0 fully saturated rings. The van der Waals surface area contributed by atoms with Gasteiger partial charge in [-0.1, -0.05) is 0 Å². The van der Waals surface area contributed by atoms with E-state index < -0.39 is 42.2 Å². The number of halogens is 3. The smallest absolute Gasteiger partial charge is 0.501 e. The van der Waals surface area contributed by atoms with Crippen molar-refractivity contribution in [2.75, 3.05) is 0 Å². The molecule has 0 aliphatic heterocycles. The van der Waals surface area contributed by atoms with Crippen LogP contribution in [0.5, 0.6) is 5.75 Å². The number of nitrogens with zero attached hydrogens (tertiary/aromatic N) is 1. The topological polar surface area (TPSA) is 115 Å². The second kappa shape index (κ2) is 4.50. The lowest BCUT2D eigenvalue weighted by Gasteiger charge is -2.09. The molecule has 1 aromatic rings. The number of aldehydes is 1. The summed E-state index contributed by atoms with van der Waals surface area (Å²) < 4.78 is 59.0. The predicted molar refractivity (Wildman–Crippen MR) is 53.4 cm³/mol. The number of phenols is 1. The van der Waals surface area contributed by atoms with Crippen LogP contribution in [0.4, 0.5) is 18.9 Å². The van der Waals surface area contributed by atoms with Crippen molar-refractivity contribution in [3.8, 4) is 5.75 Å². The first-order valence-electron chi connectivity index (χ1n) is 4.30. The molecule has 1 N–H and O–H groups in total. The molecule has 0 saturated carbocycles. The Kier molecular flexibility index (Phi) is 3.52. The van der Waals surface area contributed by atoms with Gasteiger partial charge in [-0.15, -0.1) is 0 Å². The number of nitro benzene ring substituents is 1. The van der Waals surface area contributed by atoms with Gasteiger partial charge in [0.25, 0.3) is 9.84 Å². The lowest BCUT2D eigenvalue weighted by molar-refractivity contribution is -0.386. The molecule has 0 saturated heterocycles. The molecule has 7 nitrogen and oxygen atoms in total. The number of carbonyl (C=O) groups is 1. The number of aromatic hydroxyl groups is 1. The highest BCUT2D eigenvalue weighted by atomic mass is 32.2. The quantitative estimate of drug-likeness (QED) is 0.512. The molecule has 11 heteroatoms. The van der Waals surface area contributed by atoms with Crippen molar-refractivity contribution in [2.45, 2.75) is 10.4 Å². The summed E-state index contributed by atoms with van der Waals surface area (Å²) in [7, 11) is -5.86. The minimum absolute atomic E-state index is 0.0329. The summed E-state index contributed by atoms with van der Waals surface area (Å²) in [5, 5.41) is 19.7. The van der Waals surface area contributed by atoms with E-state index in [1.807, 2.05) is 0 Å².